The third-order valence-corrected chi connectivity index (χ3v) is 7.15. The summed E-state index contributed by atoms with van der Waals surface area (Å²) in [5, 5.41) is 3.15. The van der Waals surface area contributed by atoms with Gasteiger partial charge in [-0.1, -0.05) is 0 Å². The van der Waals surface area contributed by atoms with Crippen molar-refractivity contribution in [2.45, 2.75) is 52.0 Å². The molecule has 0 aliphatic carbocycles. The number of aromatic nitrogens is 4. The van der Waals surface area contributed by atoms with Crippen LogP contribution in [-0.4, -0.2) is 42.8 Å². The standard InChI is InChI=1S/C27H24F4N6O2/c1-14(2)36-12-15-8-22(27(29,30)31)32-9-17(15)19-11-34-26(37-13-35-23(24(19)37)25(36)38)33-10-18-16-4-3-7-39-21(16)6-5-20(18)28/h5-6,8-9,11,13-14H,3-4,7,10,12H2,1-2H3,(H,33,34). The van der Waals surface area contributed by atoms with Gasteiger partial charge in [0.15, 0.2) is 5.69 Å². The molecule has 2 aliphatic heterocycles. The number of alkyl halides is 3. The molecule has 0 spiro atoms. The number of benzene rings is 1. The van der Waals surface area contributed by atoms with Crippen LogP contribution in [-0.2, 0) is 25.7 Å². The number of rotatable bonds is 4. The number of ether oxygens (including phenoxy) is 1. The number of anilines is 1. The third-order valence-electron chi connectivity index (χ3n) is 7.15. The summed E-state index contributed by atoms with van der Waals surface area (Å²) in [6.07, 6.45) is 0.911. The smallest absolute Gasteiger partial charge is 0.433 e. The maximum Gasteiger partial charge on any atom is 0.433 e. The molecule has 0 fully saturated rings. The molecule has 202 valence electrons. The fourth-order valence-electron chi connectivity index (χ4n) is 5.18. The van der Waals surface area contributed by atoms with Crippen molar-refractivity contribution in [1.82, 2.24) is 24.3 Å². The Morgan fingerprint density at radius 2 is 1.92 bits per heavy atom. The zero-order valence-electron chi connectivity index (χ0n) is 21.1. The van der Waals surface area contributed by atoms with Crippen LogP contribution < -0.4 is 10.1 Å². The number of carbonyl (C=O) groups is 1. The van der Waals surface area contributed by atoms with Crippen LogP contribution in [0.5, 0.6) is 5.75 Å². The molecular formula is C27H24F4N6O2. The summed E-state index contributed by atoms with van der Waals surface area (Å²) in [5.41, 5.74) is 1.90. The van der Waals surface area contributed by atoms with Gasteiger partial charge < -0.3 is 15.0 Å². The highest BCUT2D eigenvalue weighted by Crippen LogP contribution is 2.37. The van der Waals surface area contributed by atoms with Gasteiger partial charge in [-0.2, -0.15) is 13.2 Å². The number of nitrogens with one attached hydrogen (secondary N) is 1. The lowest BCUT2D eigenvalue weighted by Gasteiger charge is -2.29. The van der Waals surface area contributed by atoms with E-state index in [0.717, 1.165) is 18.1 Å². The van der Waals surface area contributed by atoms with E-state index < -0.39 is 17.8 Å². The molecule has 0 unspecified atom stereocenters. The minimum atomic E-state index is -4.63. The first-order valence-corrected chi connectivity index (χ1v) is 12.5. The normalized spacial score (nSPS) is 15.1. The highest BCUT2D eigenvalue weighted by Gasteiger charge is 2.35. The minimum Gasteiger partial charge on any atom is -0.493 e. The Balaban J connectivity index is 1.47. The van der Waals surface area contributed by atoms with Crippen LogP contribution in [0.4, 0.5) is 23.5 Å². The van der Waals surface area contributed by atoms with Crippen LogP contribution in [0.15, 0.2) is 36.9 Å². The Hall–Kier alpha value is -4.22. The number of pyridine rings is 1. The Morgan fingerprint density at radius 1 is 1.13 bits per heavy atom. The molecule has 0 saturated heterocycles. The second kappa shape index (κ2) is 9.21. The Morgan fingerprint density at radius 3 is 2.69 bits per heavy atom. The lowest BCUT2D eigenvalue weighted by molar-refractivity contribution is -0.141. The summed E-state index contributed by atoms with van der Waals surface area (Å²) in [4.78, 5) is 27.6. The third kappa shape index (κ3) is 4.23. The van der Waals surface area contributed by atoms with Gasteiger partial charge in [-0.25, -0.2) is 14.4 Å². The molecule has 1 amide bonds. The highest BCUT2D eigenvalue weighted by atomic mass is 19.4. The molecule has 6 rings (SSSR count). The maximum atomic E-state index is 14.8. The van der Waals surface area contributed by atoms with Crippen LogP contribution in [0.3, 0.4) is 0 Å². The highest BCUT2D eigenvalue weighted by molar-refractivity contribution is 6.04. The van der Waals surface area contributed by atoms with Crippen molar-refractivity contribution in [3.8, 4) is 16.9 Å². The molecule has 39 heavy (non-hydrogen) atoms. The van der Waals surface area contributed by atoms with Crippen LogP contribution in [0, 0.1) is 5.82 Å². The summed E-state index contributed by atoms with van der Waals surface area (Å²) in [6.45, 7) is 4.22. The molecule has 0 radical (unpaired) electrons. The summed E-state index contributed by atoms with van der Waals surface area (Å²) in [6, 6.07) is 3.67. The molecule has 2 aliphatic rings. The molecule has 0 bridgehead atoms. The summed E-state index contributed by atoms with van der Waals surface area (Å²) >= 11 is 0. The van der Waals surface area contributed by atoms with Crippen LogP contribution in [0.25, 0.3) is 16.6 Å². The van der Waals surface area contributed by atoms with E-state index in [2.05, 4.69) is 20.3 Å². The van der Waals surface area contributed by atoms with Gasteiger partial charge in [0.25, 0.3) is 5.91 Å². The van der Waals surface area contributed by atoms with Gasteiger partial charge in [0, 0.05) is 53.8 Å². The van der Waals surface area contributed by atoms with Gasteiger partial charge in [0.1, 0.15) is 23.6 Å². The Bertz CT molecular complexity index is 1610. The maximum absolute atomic E-state index is 14.8. The number of halogens is 4. The fraction of sp³-hybridized carbons (Fsp3) is 0.333. The lowest BCUT2D eigenvalue weighted by atomic mass is 9.98. The molecule has 0 atom stereocenters. The van der Waals surface area contributed by atoms with Gasteiger partial charge in [-0.3, -0.25) is 14.2 Å². The van der Waals surface area contributed by atoms with Crippen LogP contribution in [0.1, 0.15) is 53.1 Å². The monoisotopic (exact) mass is 540 g/mol. The van der Waals surface area contributed by atoms with Crippen LogP contribution >= 0.6 is 0 Å². The molecule has 3 aromatic heterocycles. The Labute approximate surface area is 220 Å². The van der Waals surface area contributed by atoms with Crippen molar-refractivity contribution in [3.63, 3.8) is 0 Å². The van der Waals surface area contributed by atoms with E-state index in [1.54, 1.807) is 24.3 Å². The first-order valence-electron chi connectivity index (χ1n) is 12.5. The SMILES string of the molecule is CC(C)N1Cc2cc(C(F)(F)F)ncc2-c2cnc(NCc3c(F)ccc4c3CCCO4)n3cnc(c23)C1=O. The van der Waals surface area contributed by atoms with E-state index in [-0.39, 0.29) is 30.6 Å². The average molecular weight is 541 g/mol. The molecule has 12 heteroatoms. The lowest BCUT2D eigenvalue weighted by Crippen LogP contribution is -2.37. The van der Waals surface area contributed by atoms with E-state index in [1.807, 2.05) is 0 Å². The zero-order valence-corrected chi connectivity index (χ0v) is 21.1. The quantitative estimate of drug-likeness (QED) is 0.356. The van der Waals surface area contributed by atoms with Gasteiger partial charge in [0.05, 0.1) is 12.1 Å². The van der Waals surface area contributed by atoms with E-state index in [0.29, 0.717) is 52.5 Å². The second-order valence-electron chi connectivity index (χ2n) is 9.87. The molecule has 1 N–H and O–H groups in total. The molecule has 0 saturated carbocycles. The number of nitrogens with zero attached hydrogens (tertiary/aromatic N) is 5. The van der Waals surface area contributed by atoms with Crippen molar-refractivity contribution < 1.29 is 27.1 Å². The van der Waals surface area contributed by atoms with E-state index >= 15 is 0 Å². The van der Waals surface area contributed by atoms with E-state index in [1.165, 1.54) is 29.7 Å². The molecule has 5 heterocycles. The van der Waals surface area contributed by atoms with Crippen molar-refractivity contribution in [1.29, 1.82) is 0 Å². The summed E-state index contributed by atoms with van der Waals surface area (Å²) < 4.78 is 62.5. The zero-order chi connectivity index (χ0) is 27.5. The molecule has 8 nitrogen and oxygen atoms in total. The first kappa shape index (κ1) is 25.1. The second-order valence-corrected chi connectivity index (χ2v) is 9.87. The first-order chi connectivity index (χ1) is 18.6. The summed E-state index contributed by atoms with van der Waals surface area (Å²) in [7, 11) is 0. The topological polar surface area (TPSA) is 84.7 Å². The Kier molecular flexibility index (Phi) is 5.92. The van der Waals surface area contributed by atoms with Gasteiger partial charge in [-0.05, 0) is 50.5 Å². The van der Waals surface area contributed by atoms with E-state index in [4.69, 9.17) is 4.74 Å². The predicted molar refractivity (Wildman–Crippen MR) is 134 cm³/mol. The number of hydrogen-bond acceptors (Lipinski definition) is 6. The number of imidazole rings is 1. The number of carbonyl (C=O) groups excluding carboxylic acids is 1. The summed E-state index contributed by atoms with van der Waals surface area (Å²) in [5.74, 6) is 0.166. The molecule has 1 aromatic carbocycles. The predicted octanol–water partition coefficient (Wildman–Crippen LogP) is 5.25. The number of fused-ring (bicyclic) bond motifs is 3. The van der Waals surface area contributed by atoms with Gasteiger partial charge in [-0.15, -0.1) is 0 Å². The van der Waals surface area contributed by atoms with Gasteiger partial charge >= 0.3 is 6.18 Å². The van der Waals surface area contributed by atoms with Crippen LogP contribution in [0.2, 0.25) is 0 Å². The number of hydrogen-bond donors (Lipinski definition) is 1. The molecule has 4 aromatic rings. The molecular weight excluding hydrogens is 516 g/mol. The fourth-order valence-corrected chi connectivity index (χ4v) is 5.18. The van der Waals surface area contributed by atoms with Gasteiger partial charge in [0.2, 0.25) is 5.95 Å². The number of amides is 1. The van der Waals surface area contributed by atoms with Crippen molar-refractivity contribution in [2.75, 3.05) is 11.9 Å². The van der Waals surface area contributed by atoms with Crippen molar-refractivity contribution in [3.05, 3.63) is 70.8 Å². The van der Waals surface area contributed by atoms with E-state index in [9.17, 15) is 22.4 Å². The largest absolute Gasteiger partial charge is 0.493 e. The average Bonchev–Trinajstić information content (AvgIpc) is 3.35. The van der Waals surface area contributed by atoms with Crippen molar-refractivity contribution >= 4 is 17.4 Å². The van der Waals surface area contributed by atoms with Crippen molar-refractivity contribution in [2.24, 2.45) is 0 Å². The minimum absolute atomic E-state index is 0.0453.